The third kappa shape index (κ3) is 3.37. The Morgan fingerprint density at radius 3 is 2.54 bits per heavy atom. The first-order chi connectivity index (χ1) is 12.5. The highest BCUT2D eigenvalue weighted by molar-refractivity contribution is 5.45. The minimum absolute atomic E-state index is 0.277. The summed E-state index contributed by atoms with van der Waals surface area (Å²) < 4.78 is 0. The molecule has 1 atom stereocenters. The SMILES string of the molecule is Cc1ccc(C2(O)CCN(c3nccc(N4CCC(O)C4)n3)CC2)nc1. The van der Waals surface area contributed by atoms with Crippen LogP contribution in [0.3, 0.4) is 0 Å². The highest BCUT2D eigenvalue weighted by atomic mass is 16.3. The largest absolute Gasteiger partial charge is 0.391 e. The number of pyridine rings is 1. The van der Waals surface area contributed by atoms with E-state index in [1.807, 2.05) is 25.1 Å². The van der Waals surface area contributed by atoms with Crippen molar-refractivity contribution in [2.24, 2.45) is 0 Å². The molecule has 4 heterocycles. The summed E-state index contributed by atoms with van der Waals surface area (Å²) in [5.41, 5.74) is 0.941. The molecule has 4 rings (SSSR count). The lowest BCUT2D eigenvalue weighted by molar-refractivity contribution is 0.00736. The van der Waals surface area contributed by atoms with Crippen molar-refractivity contribution in [3.05, 3.63) is 41.9 Å². The van der Waals surface area contributed by atoms with Crippen LogP contribution in [0.5, 0.6) is 0 Å². The van der Waals surface area contributed by atoms with E-state index in [0.29, 0.717) is 38.4 Å². The number of aryl methyl sites for hydroxylation is 1. The summed E-state index contributed by atoms with van der Waals surface area (Å²) in [7, 11) is 0. The molecule has 2 aliphatic rings. The Morgan fingerprint density at radius 2 is 1.88 bits per heavy atom. The zero-order valence-corrected chi connectivity index (χ0v) is 15.0. The molecule has 2 aromatic heterocycles. The molecule has 2 aliphatic heterocycles. The maximum atomic E-state index is 11.0. The molecule has 0 amide bonds. The van der Waals surface area contributed by atoms with Gasteiger partial charge in [0.2, 0.25) is 5.95 Å². The first-order valence-electron chi connectivity index (χ1n) is 9.20. The fraction of sp³-hybridized carbons (Fsp3) is 0.526. The second-order valence-corrected chi connectivity index (χ2v) is 7.34. The van der Waals surface area contributed by atoms with Crippen molar-refractivity contribution in [1.82, 2.24) is 15.0 Å². The molecule has 0 spiro atoms. The van der Waals surface area contributed by atoms with Crippen molar-refractivity contribution < 1.29 is 10.2 Å². The Hall–Kier alpha value is -2.25. The summed E-state index contributed by atoms with van der Waals surface area (Å²) >= 11 is 0. The minimum atomic E-state index is -0.888. The van der Waals surface area contributed by atoms with Gasteiger partial charge in [0, 0.05) is 38.6 Å². The van der Waals surface area contributed by atoms with Gasteiger partial charge in [-0.05, 0) is 43.9 Å². The Balaban J connectivity index is 1.45. The van der Waals surface area contributed by atoms with Crippen molar-refractivity contribution in [2.45, 2.75) is 37.9 Å². The van der Waals surface area contributed by atoms with E-state index in [0.717, 1.165) is 30.0 Å². The number of aromatic nitrogens is 3. The summed E-state index contributed by atoms with van der Waals surface area (Å²) in [6.45, 7) is 4.79. The van der Waals surface area contributed by atoms with Crippen LogP contribution in [-0.2, 0) is 5.60 Å². The lowest BCUT2D eigenvalue weighted by Gasteiger charge is -2.38. The molecule has 26 heavy (non-hydrogen) atoms. The van der Waals surface area contributed by atoms with Crippen molar-refractivity contribution in [1.29, 1.82) is 0 Å². The lowest BCUT2D eigenvalue weighted by Crippen LogP contribution is -2.43. The summed E-state index contributed by atoms with van der Waals surface area (Å²) in [6, 6.07) is 5.79. The van der Waals surface area contributed by atoms with Crippen LogP contribution in [-0.4, -0.2) is 57.4 Å². The predicted octanol–water partition coefficient (Wildman–Crippen LogP) is 1.24. The van der Waals surface area contributed by atoms with Crippen molar-refractivity contribution in [2.75, 3.05) is 36.0 Å². The quantitative estimate of drug-likeness (QED) is 0.857. The smallest absolute Gasteiger partial charge is 0.227 e. The maximum absolute atomic E-state index is 11.0. The van der Waals surface area contributed by atoms with Crippen LogP contribution in [0, 0.1) is 6.92 Å². The Labute approximate surface area is 153 Å². The van der Waals surface area contributed by atoms with Gasteiger partial charge in [-0.25, -0.2) is 4.98 Å². The normalized spacial score (nSPS) is 22.7. The summed E-state index contributed by atoms with van der Waals surface area (Å²) in [6.07, 6.45) is 5.26. The van der Waals surface area contributed by atoms with Gasteiger partial charge < -0.3 is 20.0 Å². The van der Waals surface area contributed by atoms with Gasteiger partial charge in [0.15, 0.2) is 0 Å². The molecule has 0 radical (unpaired) electrons. The number of piperidine rings is 1. The van der Waals surface area contributed by atoms with Crippen LogP contribution >= 0.6 is 0 Å². The van der Waals surface area contributed by atoms with Gasteiger partial charge in [-0.15, -0.1) is 0 Å². The number of nitrogens with zero attached hydrogens (tertiary/aromatic N) is 5. The van der Waals surface area contributed by atoms with E-state index >= 15 is 0 Å². The third-order valence-electron chi connectivity index (χ3n) is 5.38. The van der Waals surface area contributed by atoms with Crippen LogP contribution in [0.2, 0.25) is 0 Å². The second-order valence-electron chi connectivity index (χ2n) is 7.34. The number of rotatable bonds is 3. The van der Waals surface area contributed by atoms with Gasteiger partial charge in [-0.1, -0.05) is 6.07 Å². The first-order valence-corrected chi connectivity index (χ1v) is 9.20. The fourth-order valence-electron chi connectivity index (χ4n) is 3.69. The molecule has 2 saturated heterocycles. The van der Waals surface area contributed by atoms with E-state index in [9.17, 15) is 10.2 Å². The van der Waals surface area contributed by atoms with E-state index in [2.05, 4.69) is 24.8 Å². The number of hydrogen-bond donors (Lipinski definition) is 2. The zero-order valence-electron chi connectivity index (χ0n) is 15.0. The van der Waals surface area contributed by atoms with Gasteiger partial charge in [-0.3, -0.25) is 4.98 Å². The topological polar surface area (TPSA) is 85.6 Å². The molecule has 7 nitrogen and oxygen atoms in total. The third-order valence-corrected chi connectivity index (χ3v) is 5.38. The Bertz CT molecular complexity index is 759. The number of aliphatic hydroxyl groups is 2. The van der Waals surface area contributed by atoms with E-state index < -0.39 is 5.60 Å². The molecular weight excluding hydrogens is 330 g/mol. The summed E-state index contributed by atoms with van der Waals surface area (Å²) in [5, 5.41) is 20.7. The van der Waals surface area contributed by atoms with Gasteiger partial charge in [0.25, 0.3) is 0 Å². The van der Waals surface area contributed by atoms with E-state index in [1.54, 1.807) is 12.4 Å². The molecule has 0 bridgehead atoms. The molecule has 2 aromatic rings. The van der Waals surface area contributed by atoms with Gasteiger partial charge >= 0.3 is 0 Å². The van der Waals surface area contributed by atoms with Crippen molar-refractivity contribution in [3.63, 3.8) is 0 Å². The number of hydrogen-bond acceptors (Lipinski definition) is 7. The molecule has 7 heteroatoms. The average Bonchev–Trinajstić information content (AvgIpc) is 3.09. The minimum Gasteiger partial charge on any atom is -0.391 e. The molecule has 1 unspecified atom stereocenters. The Kier molecular flexibility index (Phi) is 4.50. The lowest BCUT2D eigenvalue weighted by atomic mass is 9.87. The van der Waals surface area contributed by atoms with E-state index in [-0.39, 0.29) is 6.10 Å². The van der Waals surface area contributed by atoms with Crippen LogP contribution < -0.4 is 9.80 Å². The van der Waals surface area contributed by atoms with Crippen LogP contribution in [0.25, 0.3) is 0 Å². The first kappa shape index (κ1) is 17.2. The molecule has 2 fully saturated rings. The number of anilines is 2. The van der Waals surface area contributed by atoms with Crippen LogP contribution in [0.1, 0.15) is 30.5 Å². The van der Waals surface area contributed by atoms with Crippen molar-refractivity contribution >= 4 is 11.8 Å². The highest BCUT2D eigenvalue weighted by Gasteiger charge is 2.36. The second kappa shape index (κ2) is 6.81. The van der Waals surface area contributed by atoms with Crippen molar-refractivity contribution in [3.8, 4) is 0 Å². The summed E-state index contributed by atoms with van der Waals surface area (Å²) in [5.74, 6) is 1.54. The van der Waals surface area contributed by atoms with Crippen LogP contribution in [0.4, 0.5) is 11.8 Å². The highest BCUT2D eigenvalue weighted by Crippen LogP contribution is 2.33. The predicted molar refractivity (Wildman–Crippen MR) is 99.2 cm³/mol. The van der Waals surface area contributed by atoms with E-state index in [4.69, 9.17) is 0 Å². The molecular formula is C19H25N5O2. The fourth-order valence-corrected chi connectivity index (χ4v) is 3.69. The molecule has 0 aliphatic carbocycles. The van der Waals surface area contributed by atoms with Gasteiger partial charge in [-0.2, -0.15) is 4.98 Å². The average molecular weight is 355 g/mol. The monoisotopic (exact) mass is 355 g/mol. The number of aliphatic hydroxyl groups excluding tert-OH is 1. The number of β-amino-alcohol motifs (C(OH)–C–C–N with tert-alkyl or cyclic N) is 1. The maximum Gasteiger partial charge on any atom is 0.227 e. The zero-order chi connectivity index (χ0) is 18.1. The Morgan fingerprint density at radius 1 is 1.08 bits per heavy atom. The summed E-state index contributed by atoms with van der Waals surface area (Å²) in [4.78, 5) is 17.7. The van der Waals surface area contributed by atoms with Gasteiger partial charge in [0.1, 0.15) is 11.4 Å². The van der Waals surface area contributed by atoms with Gasteiger partial charge in [0.05, 0.1) is 11.8 Å². The van der Waals surface area contributed by atoms with E-state index in [1.165, 1.54) is 0 Å². The van der Waals surface area contributed by atoms with Crippen LogP contribution in [0.15, 0.2) is 30.6 Å². The molecule has 138 valence electrons. The molecule has 0 saturated carbocycles. The molecule has 0 aromatic carbocycles. The standard InChI is InChI=1S/C19H25N5O2/c1-14-2-3-16(21-12-14)19(26)6-10-23(11-7-19)18-20-8-4-17(22-18)24-9-5-15(25)13-24/h2-4,8,12,15,25-26H,5-7,9-11,13H2,1H3. The molecule has 2 N–H and O–H groups in total.